The molecular formula is C23H27N5O2. The van der Waals surface area contributed by atoms with Crippen LogP contribution < -0.4 is 16.0 Å². The van der Waals surface area contributed by atoms with Gasteiger partial charge in [0, 0.05) is 37.0 Å². The number of pyridine rings is 1. The zero-order valence-corrected chi connectivity index (χ0v) is 17.6. The Morgan fingerprint density at radius 2 is 1.80 bits per heavy atom. The number of piperidine rings is 1. The number of carbonyl (C=O) groups is 1. The van der Waals surface area contributed by atoms with Crippen LogP contribution in [0.2, 0.25) is 0 Å². The highest BCUT2D eigenvalue weighted by molar-refractivity contribution is 6.06. The van der Waals surface area contributed by atoms with Crippen LogP contribution in [0.3, 0.4) is 0 Å². The summed E-state index contributed by atoms with van der Waals surface area (Å²) in [6.07, 6.45) is 5.38. The third-order valence-corrected chi connectivity index (χ3v) is 5.41. The monoisotopic (exact) mass is 405 g/mol. The molecule has 7 nitrogen and oxygen atoms in total. The van der Waals surface area contributed by atoms with E-state index in [4.69, 9.17) is 10.3 Å². The van der Waals surface area contributed by atoms with Gasteiger partial charge in [-0.25, -0.2) is 0 Å². The summed E-state index contributed by atoms with van der Waals surface area (Å²) in [5.41, 5.74) is 12.5. The molecule has 0 spiro atoms. The minimum Gasteiger partial charge on any atom is -0.369 e. The standard InChI is InChI=1S/C23H27N5O2/c1-14-8-15(2)10-17(9-14)19-12-25-13-21(22(19)28-6-4-18(24)5-7-28)26-23(29)20-11-16(3)30-27-20/h8-13,18H,4-7,24H2,1-3H3,(H,26,29). The molecule has 3 aromatic rings. The molecule has 1 aliphatic rings. The summed E-state index contributed by atoms with van der Waals surface area (Å²) in [5, 5.41) is 6.82. The molecule has 4 rings (SSSR count). The quantitative estimate of drug-likeness (QED) is 0.684. The number of anilines is 2. The van der Waals surface area contributed by atoms with E-state index < -0.39 is 0 Å². The summed E-state index contributed by atoms with van der Waals surface area (Å²) in [7, 11) is 0. The lowest BCUT2D eigenvalue weighted by molar-refractivity contribution is 0.101. The highest BCUT2D eigenvalue weighted by atomic mass is 16.5. The van der Waals surface area contributed by atoms with Crippen LogP contribution in [0.4, 0.5) is 11.4 Å². The van der Waals surface area contributed by atoms with Crippen LogP contribution >= 0.6 is 0 Å². The molecule has 0 aliphatic carbocycles. The Hall–Kier alpha value is -3.19. The van der Waals surface area contributed by atoms with Gasteiger partial charge in [-0.15, -0.1) is 0 Å². The summed E-state index contributed by atoms with van der Waals surface area (Å²) in [4.78, 5) is 19.5. The molecule has 0 atom stereocenters. The van der Waals surface area contributed by atoms with Crippen molar-refractivity contribution < 1.29 is 9.32 Å². The third kappa shape index (κ3) is 4.21. The van der Waals surface area contributed by atoms with Crippen LogP contribution in [0, 0.1) is 20.8 Å². The first kappa shape index (κ1) is 20.1. The van der Waals surface area contributed by atoms with Crippen molar-refractivity contribution in [2.24, 2.45) is 5.73 Å². The molecule has 3 heterocycles. The van der Waals surface area contributed by atoms with Gasteiger partial charge in [-0.1, -0.05) is 34.5 Å². The van der Waals surface area contributed by atoms with E-state index >= 15 is 0 Å². The first-order valence-corrected chi connectivity index (χ1v) is 10.2. The molecule has 1 fully saturated rings. The smallest absolute Gasteiger partial charge is 0.277 e. The highest BCUT2D eigenvalue weighted by Gasteiger charge is 2.24. The van der Waals surface area contributed by atoms with E-state index in [1.54, 1.807) is 19.2 Å². The number of rotatable bonds is 4. The Morgan fingerprint density at radius 3 is 2.43 bits per heavy atom. The van der Waals surface area contributed by atoms with E-state index in [9.17, 15) is 4.79 Å². The first-order valence-electron chi connectivity index (χ1n) is 10.2. The summed E-state index contributed by atoms with van der Waals surface area (Å²) in [6.45, 7) is 7.59. The summed E-state index contributed by atoms with van der Waals surface area (Å²) in [5.74, 6) is 0.272. The molecule has 7 heteroatoms. The predicted octanol–water partition coefficient (Wildman–Crippen LogP) is 3.84. The van der Waals surface area contributed by atoms with Gasteiger partial charge < -0.3 is 20.5 Å². The van der Waals surface area contributed by atoms with Gasteiger partial charge in [0.2, 0.25) is 0 Å². The number of benzene rings is 1. The van der Waals surface area contributed by atoms with Crippen molar-refractivity contribution in [1.82, 2.24) is 10.1 Å². The van der Waals surface area contributed by atoms with Crippen molar-refractivity contribution in [2.45, 2.75) is 39.7 Å². The molecule has 1 aromatic carbocycles. The van der Waals surface area contributed by atoms with Crippen molar-refractivity contribution in [2.75, 3.05) is 23.3 Å². The van der Waals surface area contributed by atoms with E-state index in [2.05, 4.69) is 52.4 Å². The molecule has 0 unspecified atom stereocenters. The van der Waals surface area contributed by atoms with Crippen molar-refractivity contribution >= 4 is 17.3 Å². The number of nitrogens with zero attached hydrogens (tertiary/aromatic N) is 3. The number of hydrogen-bond acceptors (Lipinski definition) is 6. The second-order valence-corrected chi connectivity index (χ2v) is 8.06. The lowest BCUT2D eigenvalue weighted by atomic mass is 9.98. The molecule has 0 saturated carbocycles. The molecule has 3 N–H and O–H groups in total. The summed E-state index contributed by atoms with van der Waals surface area (Å²) < 4.78 is 5.05. The van der Waals surface area contributed by atoms with Gasteiger partial charge in [0.05, 0.1) is 17.6 Å². The topological polar surface area (TPSA) is 97.3 Å². The minimum absolute atomic E-state index is 0.212. The Kier molecular flexibility index (Phi) is 5.55. The lowest BCUT2D eigenvalue weighted by Crippen LogP contribution is -2.40. The Morgan fingerprint density at radius 1 is 1.10 bits per heavy atom. The van der Waals surface area contributed by atoms with E-state index in [1.807, 2.05) is 6.20 Å². The van der Waals surface area contributed by atoms with Crippen LogP contribution in [0.15, 0.2) is 41.2 Å². The molecule has 30 heavy (non-hydrogen) atoms. The normalized spacial score (nSPS) is 14.7. The zero-order valence-electron chi connectivity index (χ0n) is 17.6. The minimum atomic E-state index is -0.318. The lowest BCUT2D eigenvalue weighted by Gasteiger charge is -2.34. The maximum Gasteiger partial charge on any atom is 0.277 e. The predicted molar refractivity (Wildman–Crippen MR) is 118 cm³/mol. The number of nitrogens with two attached hydrogens (primary N) is 1. The second-order valence-electron chi connectivity index (χ2n) is 8.06. The van der Waals surface area contributed by atoms with Crippen molar-refractivity contribution in [3.05, 3.63) is 59.2 Å². The molecule has 0 bridgehead atoms. The highest BCUT2D eigenvalue weighted by Crippen LogP contribution is 2.38. The van der Waals surface area contributed by atoms with Crippen LogP contribution in [0.25, 0.3) is 11.1 Å². The average Bonchev–Trinajstić information content (AvgIpc) is 3.14. The third-order valence-electron chi connectivity index (χ3n) is 5.41. The zero-order chi connectivity index (χ0) is 21.3. The van der Waals surface area contributed by atoms with Gasteiger partial charge in [-0.3, -0.25) is 9.78 Å². The second kappa shape index (κ2) is 8.28. The van der Waals surface area contributed by atoms with Gasteiger partial charge in [-0.2, -0.15) is 0 Å². The van der Waals surface area contributed by atoms with Crippen LogP contribution in [-0.2, 0) is 0 Å². The Balaban J connectivity index is 1.78. The van der Waals surface area contributed by atoms with Crippen LogP contribution in [0.5, 0.6) is 0 Å². The van der Waals surface area contributed by atoms with Gasteiger partial charge in [-0.05, 0) is 39.2 Å². The number of nitrogens with one attached hydrogen (secondary N) is 1. The Bertz CT molecular complexity index is 1050. The number of aryl methyl sites for hydroxylation is 3. The average molecular weight is 406 g/mol. The van der Waals surface area contributed by atoms with Gasteiger partial charge >= 0.3 is 0 Å². The number of carbonyl (C=O) groups excluding carboxylic acids is 1. The van der Waals surface area contributed by atoms with Crippen molar-refractivity contribution in [1.29, 1.82) is 0 Å². The van der Waals surface area contributed by atoms with E-state index in [-0.39, 0.29) is 17.6 Å². The molecule has 156 valence electrons. The molecular weight excluding hydrogens is 378 g/mol. The SMILES string of the molecule is Cc1cc(C)cc(-c2cncc(NC(=O)c3cc(C)on3)c2N2CCC(N)CC2)c1. The van der Waals surface area contributed by atoms with Crippen LogP contribution in [-0.4, -0.2) is 35.2 Å². The molecule has 1 amide bonds. The number of hydrogen-bond donors (Lipinski definition) is 2. The fourth-order valence-corrected chi connectivity index (χ4v) is 4.01. The largest absolute Gasteiger partial charge is 0.369 e. The summed E-state index contributed by atoms with van der Waals surface area (Å²) >= 11 is 0. The van der Waals surface area contributed by atoms with Gasteiger partial charge in [0.15, 0.2) is 5.69 Å². The first-order chi connectivity index (χ1) is 14.4. The van der Waals surface area contributed by atoms with E-state index in [0.29, 0.717) is 11.4 Å². The van der Waals surface area contributed by atoms with E-state index in [1.165, 1.54) is 11.1 Å². The van der Waals surface area contributed by atoms with Gasteiger partial charge in [0.25, 0.3) is 5.91 Å². The fraction of sp³-hybridized carbons (Fsp3) is 0.348. The maximum absolute atomic E-state index is 12.8. The summed E-state index contributed by atoms with van der Waals surface area (Å²) in [6, 6.07) is 8.28. The number of amides is 1. The van der Waals surface area contributed by atoms with Crippen LogP contribution in [0.1, 0.15) is 40.2 Å². The van der Waals surface area contributed by atoms with Crippen molar-refractivity contribution in [3.8, 4) is 11.1 Å². The maximum atomic E-state index is 12.8. The molecule has 2 aromatic heterocycles. The fourth-order valence-electron chi connectivity index (χ4n) is 4.01. The molecule has 1 aliphatic heterocycles. The molecule has 1 saturated heterocycles. The molecule has 0 radical (unpaired) electrons. The van der Waals surface area contributed by atoms with E-state index in [0.717, 1.165) is 42.7 Å². The van der Waals surface area contributed by atoms with Crippen molar-refractivity contribution in [3.63, 3.8) is 0 Å². The Labute approximate surface area is 176 Å². The number of aromatic nitrogens is 2. The van der Waals surface area contributed by atoms with Gasteiger partial charge in [0.1, 0.15) is 5.76 Å².